The molecule has 2 aliphatic rings. The van der Waals surface area contributed by atoms with E-state index in [2.05, 4.69) is 23.1 Å². The number of anilines is 1. The largest absolute Gasteiger partial charge is 0.466 e. The normalized spacial score (nSPS) is 20.5. The summed E-state index contributed by atoms with van der Waals surface area (Å²) in [5.74, 6) is -0.227. The summed E-state index contributed by atoms with van der Waals surface area (Å²) >= 11 is 0. The van der Waals surface area contributed by atoms with E-state index in [-0.39, 0.29) is 17.8 Å². The van der Waals surface area contributed by atoms with E-state index in [1.165, 1.54) is 11.3 Å². The van der Waals surface area contributed by atoms with Gasteiger partial charge in [0, 0.05) is 25.3 Å². The lowest BCUT2D eigenvalue weighted by Crippen LogP contribution is -2.47. The zero-order valence-electron chi connectivity index (χ0n) is 14.4. The minimum absolute atomic E-state index is 0.112. The predicted octanol–water partition coefficient (Wildman–Crippen LogP) is 2.24. The highest BCUT2D eigenvalue weighted by Crippen LogP contribution is 2.27. The number of ether oxygens (including phenoxy) is 1. The van der Waals surface area contributed by atoms with Crippen LogP contribution in [0.4, 0.5) is 5.69 Å². The number of carbonyl (C=O) groups is 2. The quantitative estimate of drug-likeness (QED) is 0.795. The summed E-state index contributed by atoms with van der Waals surface area (Å²) in [6.07, 6.45) is 3.84. The van der Waals surface area contributed by atoms with Gasteiger partial charge in [-0.15, -0.1) is 0 Å². The maximum Gasteiger partial charge on any atom is 0.310 e. The van der Waals surface area contributed by atoms with Gasteiger partial charge < -0.3 is 14.5 Å². The molecule has 0 radical (unpaired) electrons. The smallest absolute Gasteiger partial charge is 0.310 e. The fraction of sp³-hybridized carbons (Fsp3) is 0.579. The molecular formula is C19H26N2O3. The van der Waals surface area contributed by atoms with Crippen molar-refractivity contribution < 1.29 is 14.3 Å². The first-order chi connectivity index (χ1) is 11.7. The minimum Gasteiger partial charge on any atom is -0.466 e. The van der Waals surface area contributed by atoms with Crippen molar-refractivity contribution in [2.75, 3.05) is 37.7 Å². The fourth-order valence-electron chi connectivity index (χ4n) is 3.70. The molecule has 5 heteroatoms. The molecule has 0 saturated carbocycles. The molecule has 0 bridgehead atoms. The summed E-state index contributed by atoms with van der Waals surface area (Å²) in [6.45, 7) is 4.76. The van der Waals surface area contributed by atoms with Crippen LogP contribution >= 0.6 is 0 Å². The molecule has 1 saturated heterocycles. The molecule has 0 aliphatic carbocycles. The molecule has 0 N–H and O–H groups in total. The number of aryl methyl sites for hydroxylation is 1. The van der Waals surface area contributed by atoms with Crippen molar-refractivity contribution in [2.45, 2.75) is 32.6 Å². The molecule has 24 heavy (non-hydrogen) atoms. The third-order valence-corrected chi connectivity index (χ3v) is 4.93. The van der Waals surface area contributed by atoms with Crippen molar-refractivity contribution in [3.63, 3.8) is 0 Å². The van der Waals surface area contributed by atoms with Gasteiger partial charge in [0.25, 0.3) is 0 Å². The minimum atomic E-state index is -0.170. The van der Waals surface area contributed by atoms with Gasteiger partial charge in [-0.25, -0.2) is 0 Å². The maximum absolute atomic E-state index is 12.7. The zero-order chi connectivity index (χ0) is 16.9. The van der Waals surface area contributed by atoms with Gasteiger partial charge in [-0.1, -0.05) is 18.2 Å². The number of nitrogens with zero attached hydrogens (tertiary/aromatic N) is 2. The van der Waals surface area contributed by atoms with E-state index >= 15 is 0 Å². The summed E-state index contributed by atoms with van der Waals surface area (Å²) in [5, 5.41) is 0. The lowest BCUT2D eigenvalue weighted by atomic mass is 9.98. The first-order valence-electron chi connectivity index (χ1n) is 8.96. The van der Waals surface area contributed by atoms with Crippen LogP contribution < -0.4 is 4.90 Å². The molecule has 1 fully saturated rings. The summed E-state index contributed by atoms with van der Waals surface area (Å²) < 4.78 is 5.12. The standard InChI is InChI=1S/C19H26N2O3/c1-2-24-19(23)16-9-6-12-21(13-16)18(22)14-20-11-5-8-15-7-3-4-10-17(15)20/h3-4,7,10,16H,2,5-6,8-9,11-14H2,1H3. The highest BCUT2D eigenvalue weighted by Gasteiger charge is 2.30. The number of benzene rings is 1. The monoisotopic (exact) mass is 330 g/mol. The Balaban J connectivity index is 1.62. The molecule has 1 atom stereocenters. The third kappa shape index (κ3) is 3.71. The lowest BCUT2D eigenvalue weighted by molar-refractivity contribution is -0.151. The van der Waals surface area contributed by atoms with E-state index in [9.17, 15) is 9.59 Å². The molecule has 1 amide bonds. The van der Waals surface area contributed by atoms with Gasteiger partial charge >= 0.3 is 5.97 Å². The number of fused-ring (bicyclic) bond motifs is 1. The third-order valence-electron chi connectivity index (χ3n) is 4.93. The van der Waals surface area contributed by atoms with Crippen molar-refractivity contribution >= 4 is 17.6 Å². The molecule has 1 aromatic carbocycles. The Labute approximate surface area is 143 Å². The SMILES string of the molecule is CCOC(=O)C1CCCN(C(=O)CN2CCCc3ccccc32)C1. The summed E-state index contributed by atoms with van der Waals surface area (Å²) in [4.78, 5) is 28.7. The van der Waals surface area contributed by atoms with Crippen LogP contribution in [-0.4, -0.2) is 49.6 Å². The average molecular weight is 330 g/mol. The van der Waals surface area contributed by atoms with Crippen molar-refractivity contribution in [1.29, 1.82) is 0 Å². The number of para-hydroxylation sites is 1. The number of hydrogen-bond donors (Lipinski definition) is 0. The number of carbonyl (C=O) groups excluding carboxylic acids is 2. The van der Waals surface area contributed by atoms with Gasteiger partial charge in [0.2, 0.25) is 5.91 Å². The maximum atomic E-state index is 12.7. The van der Waals surface area contributed by atoms with E-state index in [4.69, 9.17) is 4.74 Å². The number of hydrogen-bond acceptors (Lipinski definition) is 4. The average Bonchev–Trinajstić information content (AvgIpc) is 2.62. The Hall–Kier alpha value is -2.04. The highest BCUT2D eigenvalue weighted by molar-refractivity contribution is 5.83. The molecule has 2 aliphatic heterocycles. The van der Waals surface area contributed by atoms with Crippen LogP contribution in [0, 0.1) is 5.92 Å². The lowest BCUT2D eigenvalue weighted by Gasteiger charge is -2.35. The van der Waals surface area contributed by atoms with Crippen LogP contribution in [0.1, 0.15) is 31.7 Å². The summed E-state index contributed by atoms with van der Waals surface area (Å²) in [6, 6.07) is 8.32. The van der Waals surface area contributed by atoms with Crippen molar-refractivity contribution in [3.05, 3.63) is 29.8 Å². The fourth-order valence-corrected chi connectivity index (χ4v) is 3.70. The Morgan fingerprint density at radius 1 is 1.21 bits per heavy atom. The second-order valence-corrected chi connectivity index (χ2v) is 6.58. The predicted molar refractivity (Wildman–Crippen MR) is 92.9 cm³/mol. The Morgan fingerprint density at radius 2 is 2.04 bits per heavy atom. The van der Waals surface area contributed by atoms with Gasteiger partial charge in [0.15, 0.2) is 0 Å². The van der Waals surface area contributed by atoms with Crippen molar-refractivity contribution in [1.82, 2.24) is 4.90 Å². The van der Waals surface area contributed by atoms with Crippen LogP contribution in [0.3, 0.4) is 0 Å². The van der Waals surface area contributed by atoms with E-state index in [1.807, 2.05) is 17.9 Å². The number of piperidine rings is 1. The highest BCUT2D eigenvalue weighted by atomic mass is 16.5. The topological polar surface area (TPSA) is 49.9 Å². The molecule has 1 aromatic rings. The van der Waals surface area contributed by atoms with Crippen LogP contribution in [0.2, 0.25) is 0 Å². The molecule has 5 nitrogen and oxygen atoms in total. The van der Waals surface area contributed by atoms with Gasteiger partial charge in [-0.2, -0.15) is 0 Å². The van der Waals surface area contributed by atoms with Gasteiger partial charge in [0.1, 0.15) is 0 Å². The number of amides is 1. The van der Waals surface area contributed by atoms with E-state index in [0.29, 0.717) is 19.7 Å². The number of esters is 1. The molecule has 1 unspecified atom stereocenters. The Morgan fingerprint density at radius 3 is 2.88 bits per heavy atom. The van der Waals surface area contributed by atoms with Crippen LogP contribution in [0.5, 0.6) is 0 Å². The molecule has 0 spiro atoms. The van der Waals surface area contributed by atoms with E-state index in [1.54, 1.807) is 0 Å². The van der Waals surface area contributed by atoms with Gasteiger partial charge in [0.05, 0.1) is 19.1 Å². The van der Waals surface area contributed by atoms with Crippen LogP contribution in [0.25, 0.3) is 0 Å². The first kappa shape index (κ1) is 16.8. The molecule has 2 heterocycles. The zero-order valence-corrected chi connectivity index (χ0v) is 14.4. The summed E-state index contributed by atoms with van der Waals surface area (Å²) in [7, 11) is 0. The van der Waals surface area contributed by atoms with Crippen molar-refractivity contribution in [2.24, 2.45) is 5.92 Å². The Bertz CT molecular complexity index is 602. The molecular weight excluding hydrogens is 304 g/mol. The molecule has 0 aromatic heterocycles. The van der Waals surface area contributed by atoms with Gasteiger partial charge in [-0.3, -0.25) is 9.59 Å². The molecule has 3 rings (SSSR count). The number of rotatable bonds is 4. The second-order valence-electron chi connectivity index (χ2n) is 6.58. The van der Waals surface area contributed by atoms with E-state index < -0.39 is 0 Å². The van der Waals surface area contributed by atoms with Crippen LogP contribution in [0.15, 0.2) is 24.3 Å². The molecule has 130 valence electrons. The van der Waals surface area contributed by atoms with Crippen molar-refractivity contribution in [3.8, 4) is 0 Å². The van der Waals surface area contributed by atoms with E-state index in [0.717, 1.165) is 38.8 Å². The second kappa shape index (κ2) is 7.69. The van der Waals surface area contributed by atoms with Gasteiger partial charge in [-0.05, 0) is 44.2 Å². The summed E-state index contributed by atoms with van der Waals surface area (Å²) in [5.41, 5.74) is 2.50. The van der Waals surface area contributed by atoms with Crippen LogP contribution in [-0.2, 0) is 20.7 Å². The number of likely N-dealkylation sites (tertiary alicyclic amines) is 1. The first-order valence-corrected chi connectivity index (χ1v) is 8.96. The Kier molecular flexibility index (Phi) is 5.38.